The minimum absolute atomic E-state index is 0.0691. The number of nitrogens with zero attached hydrogens (tertiary/aromatic N) is 1. The number of nitrogens with two attached hydrogens (primary N) is 1. The Hall–Kier alpha value is -1.88. The Morgan fingerprint density at radius 3 is 2.70 bits per heavy atom. The SMILES string of the molecule is NC(CCC(=O)O)C(=O)N1CCCC1c1ccccc1. The number of carbonyl (C=O) groups is 2. The van der Waals surface area contributed by atoms with Crippen molar-refractivity contribution < 1.29 is 14.7 Å². The quantitative estimate of drug-likeness (QED) is 0.854. The Bertz CT molecular complexity index is 475. The second-order valence-corrected chi connectivity index (χ2v) is 5.14. The van der Waals surface area contributed by atoms with E-state index >= 15 is 0 Å². The zero-order valence-corrected chi connectivity index (χ0v) is 11.4. The lowest BCUT2D eigenvalue weighted by Gasteiger charge is -2.27. The van der Waals surface area contributed by atoms with Crippen LogP contribution in [0.15, 0.2) is 30.3 Å². The molecular formula is C15H20N2O3. The number of benzene rings is 1. The van der Waals surface area contributed by atoms with Gasteiger partial charge in [0.25, 0.3) is 0 Å². The molecule has 5 heteroatoms. The minimum Gasteiger partial charge on any atom is -0.481 e. The number of aliphatic carboxylic acids is 1. The van der Waals surface area contributed by atoms with E-state index < -0.39 is 12.0 Å². The summed E-state index contributed by atoms with van der Waals surface area (Å²) in [5.74, 6) is -1.06. The van der Waals surface area contributed by atoms with Crippen molar-refractivity contribution in [2.24, 2.45) is 5.73 Å². The van der Waals surface area contributed by atoms with Crippen molar-refractivity contribution in [2.75, 3.05) is 6.54 Å². The molecule has 1 amide bonds. The van der Waals surface area contributed by atoms with Crippen LogP contribution in [0.1, 0.15) is 37.3 Å². The second-order valence-electron chi connectivity index (χ2n) is 5.14. The topological polar surface area (TPSA) is 83.6 Å². The van der Waals surface area contributed by atoms with Crippen molar-refractivity contribution in [1.29, 1.82) is 0 Å². The molecule has 1 aliphatic heterocycles. The summed E-state index contributed by atoms with van der Waals surface area (Å²) in [5.41, 5.74) is 6.95. The lowest BCUT2D eigenvalue weighted by atomic mass is 10.0. The molecule has 1 aromatic carbocycles. The molecule has 20 heavy (non-hydrogen) atoms. The molecule has 0 aromatic heterocycles. The van der Waals surface area contributed by atoms with Crippen LogP contribution in [0.25, 0.3) is 0 Å². The molecule has 1 saturated heterocycles. The van der Waals surface area contributed by atoms with Gasteiger partial charge in [0.15, 0.2) is 0 Å². The van der Waals surface area contributed by atoms with Crippen molar-refractivity contribution in [3.05, 3.63) is 35.9 Å². The highest BCUT2D eigenvalue weighted by Crippen LogP contribution is 2.32. The molecule has 2 atom stereocenters. The lowest BCUT2D eigenvalue weighted by molar-refractivity contribution is -0.137. The van der Waals surface area contributed by atoms with Gasteiger partial charge in [-0.2, -0.15) is 0 Å². The number of carboxylic acids is 1. The number of hydrogen-bond donors (Lipinski definition) is 2. The van der Waals surface area contributed by atoms with E-state index in [1.807, 2.05) is 30.3 Å². The van der Waals surface area contributed by atoms with E-state index in [-0.39, 0.29) is 24.8 Å². The standard InChI is InChI=1S/C15H20N2O3/c16-12(8-9-14(18)19)15(20)17-10-4-7-13(17)11-5-2-1-3-6-11/h1-3,5-6,12-13H,4,7-10,16H2,(H,18,19). The highest BCUT2D eigenvalue weighted by Gasteiger charge is 2.32. The molecule has 1 fully saturated rings. The van der Waals surface area contributed by atoms with Crippen LogP contribution in [0.2, 0.25) is 0 Å². The number of amides is 1. The van der Waals surface area contributed by atoms with E-state index in [0.717, 1.165) is 18.4 Å². The molecular weight excluding hydrogens is 256 g/mol. The van der Waals surface area contributed by atoms with E-state index in [0.29, 0.717) is 6.54 Å². The minimum atomic E-state index is -0.922. The normalized spacial score (nSPS) is 19.9. The summed E-state index contributed by atoms with van der Waals surface area (Å²) in [6, 6.07) is 9.23. The maximum absolute atomic E-state index is 12.3. The van der Waals surface area contributed by atoms with Crippen molar-refractivity contribution in [3.63, 3.8) is 0 Å². The predicted octanol–water partition coefficient (Wildman–Crippen LogP) is 1.54. The van der Waals surface area contributed by atoms with Crippen molar-refractivity contribution in [1.82, 2.24) is 4.90 Å². The van der Waals surface area contributed by atoms with Crippen LogP contribution >= 0.6 is 0 Å². The van der Waals surface area contributed by atoms with Crippen LogP contribution in [0.5, 0.6) is 0 Å². The van der Waals surface area contributed by atoms with Gasteiger partial charge in [0.1, 0.15) is 0 Å². The Kier molecular flexibility index (Phi) is 4.74. The van der Waals surface area contributed by atoms with Gasteiger partial charge in [-0.25, -0.2) is 0 Å². The van der Waals surface area contributed by atoms with Crippen LogP contribution < -0.4 is 5.73 Å². The number of carbonyl (C=O) groups excluding carboxylic acids is 1. The maximum Gasteiger partial charge on any atom is 0.303 e. The summed E-state index contributed by atoms with van der Waals surface area (Å²) in [7, 11) is 0. The maximum atomic E-state index is 12.3. The van der Waals surface area contributed by atoms with E-state index in [1.54, 1.807) is 4.90 Å². The monoisotopic (exact) mass is 276 g/mol. The van der Waals surface area contributed by atoms with Crippen LogP contribution in [0.3, 0.4) is 0 Å². The third kappa shape index (κ3) is 3.36. The van der Waals surface area contributed by atoms with Crippen LogP contribution in [0.4, 0.5) is 0 Å². The molecule has 2 rings (SSSR count). The molecule has 2 unspecified atom stereocenters. The third-order valence-corrected chi connectivity index (χ3v) is 3.71. The molecule has 108 valence electrons. The molecule has 1 aromatic rings. The van der Waals surface area contributed by atoms with Crippen molar-refractivity contribution >= 4 is 11.9 Å². The summed E-state index contributed by atoms with van der Waals surface area (Å²) in [4.78, 5) is 24.7. The highest BCUT2D eigenvalue weighted by atomic mass is 16.4. The average Bonchev–Trinajstić information content (AvgIpc) is 2.94. The summed E-state index contributed by atoms with van der Waals surface area (Å²) < 4.78 is 0. The van der Waals surface area contributed by atoms with Gasteiger partial charge in [-0.05, 0) is 24.8 Å². The number of rotatable bonds is 5. The highest BCUT2D eigenvalue weighted by molar-refractivity contribution is 5.83. The third-order valence-electron chi connectivity index (χ3n) is 3.71. The fraction of sp³-hybridized carbons (Fsp3) is 0.467. The molecule has 0 bridgehead atoms. The number of likely N-dealkylation sites (tertiary alicyclic amines) is 1. The van der Waals surface area contributed by atoms with Gasteiger partial charge in [-0.15, -0.1) is 0 Å². The zero-order valence-electron chi connectivity index (χ0n) is 11.4. The molecule has 5 nitrogen and oxygen atoms in total. The van der Waals surface area contributed by atoms with Gasteiger partial charge in [0.2, 0.25) is 5.91 Å². The molecule has 0 spiro atoms. The van der Waals surface area contributed by atoms with Gasteiger partial charge >= 0.3 is 5.97 Å². The van der Waals surface area contributed by atoms with Crippen LogP contribution in [-0.2, 0) is 9.59 Å². The lowest BCUT2D eigenvalue weighted by Crippen LogP contribution is -2.43. The fourth-order valence-corrected chi connectivity index (χ4v) is 2.67. The van der Waals surface area contributed by atoms with Crippen LogP contribution in [-0.4, -0.2) is 34.5 Å². The molecule has 3 N–H and O–H groups in total. The predicted molar refractivity (Wildman–Crippen MR) is 75.0 cm³/mol. The number of hydrogen-bond acceptors (Lipinski definition) is 3. The van der Waals surface area contributed by atoms with Gasteiger partial charge in [0, 0.05) is 13.0 Å². The summed E-state index contributed by atoms with van der Waals surface area (Å²) in [6.45, 7) is 0.694. The Morgan fingerprint density at radius 1 is 1.35 bits per heavy atom. The first-order valence-electron chi connectivity index (χ1n) is 6.92. The average molecular weight is 276 g/mol. The van der Waals surface area contributed by atoms with E-state index in [9.17, 15) is 9.59 Å². The number of carboxylic acid groups (broad SMARTS) is 1. The van der Waals surface area contributed by atoms with Gasteiger partial charge in [-0.3, -0.25) is 9.59 Å². The molecule has 0 aliphatic carbocycles. The smallest absolute Gasteiger partial charge is 0.303 e. The zero-order chi connectivity index (χ0) is 14.5. The summed E-state index contributed by atoms with van der Waals surface area (Å²) >= 11 is 0. The largest absolute Gasteiger partial charge is 0.481 e. The van der Waals surface area contributed by atoms with E-state index in [1.165, 1.54) is 0 Å². The first-order valence-corrected chi connectivity index (χ1v) is 6.92. The van der Waals surface area contributed by atoms with Crippen molar-refractivity contribution in [3.8, 4) is 0 Å². The van der Waals surface area contributed by atoms with Gasteiger partial charge < -0.3 is 15.7 Å². The van der Waals surface area contributed by atoms with Crippen molar-refractivity contribution in [2.45, 2.75) is 37.8 Å². The fourth-order valence-electron chi connectivity index (χ4n) is 2.67. The Morgan fingerprint density at radius 2 is 2.05 bits per heavy atom. The van der Waals surface area contributed by atoms with E-state index in [2.05, 4.69) is 0 Å². The second kappa shape index (κ2) is 6.52. The van der Waals surface area contributed by atoms with Gasteiger partial charge in [0.05, 0.1) is 12.1 Å². The molecule has 1 heterocycles. The van der Waals surface area contributed by atoms with Crippen LogP contribution in [0, 0.1) is 0 Å². The first kappa shape index (κ1) is 14.5. The molecule has 0 saturated carbocycles. The molecule has 0 radical (unpaired) electrons. The van der Waals surface area contributed by atoms with Gasteiger partial charge in [-0.1, -0.05) is 30.3 Å². The summed E-state index contributed by atoms with van der Waals surface area (Å²) in [5, 5.41) is 8.66. The Labute approximate surface area is 118 Å². The Balaban J connectivity index is 2.03. The van der Waals surface area contributed by atoms with E-state index in [4.69, 9.17) is 10.8 Å². The molecule has 1 aliphatic rings. The summed E-state index contributed by atoms with van der Waals surface area (Å²) in [6.07, 6.45) is 2.00. The first-order chi connectivity index (χ1) is 9.59.